The van der Waals surface area contributed by atoms with Crippen LogP contribution in [0.4, 0.5) is 5.69 Å². The molecular formula is C14H18N4O. The van der Waals surface area contributed by atoms with Gasteiger partial charge in [0.15, 0.2) is 0 Å². The zero-order valence-electron chi connectivity index (χ0n) is 11.3. The lowest BCUT2D eigenvalue weighted by Gasteiger charge is -2.22. The van der Waals surface area contributed by atoms with Gasteiger partial charge in [0.2, 0.25) is 5.91 Å². The summed E-state index contributed by atoms with van der Waals surface area (Å²) >= 11 is 0. The van der Waals surface area contributed by atoms with E-state index in [4.69, 9.17) is 5.53 Å². The van der Waals surface area contributed by atoms with E-state index in [1.807, 2.05) is 23.1 Å². The third-order valence-electron chi connectivity index (χ3n) is 3.46. The van der Waals surface area contributed by atoms with Crippen LogP contribution in [0.3, 0.4) is 0 Å². The number of hydrogen-bond acceptors (Lipinski definition) is 2. The Kier molecular flexibility index (Phi) is 4.07. The van der Waals surface area contributed by atoms with Crippen molar-refractivity contribution in [3.8, 4) is 0 Å². The third-order valence-corrected chi connectivity index (χ3v) is 3.46. The monoisotopic (exact) mass is 258 g/mol. The molecule has 0 spiro atoms. The van der Waals surface area contributed by atoms with E-state index in [1.54, 1.807) is 0 Å². The topological polar surface area (TPSA) is 69.1 Å². The van der Waals surface area contributed by atoms with Gasteiger partial charge < -0.3 is 4.90 Å². The number of benzene rings is 1. The summed E-state index contributed by atoms with van der Waals surface area (Å²) in [5.41, 5.74) is 10.5. The molecule has 0 radical (unpaired) electrons. The average Bonchev–Trinajstić information content (AvgIpc) is 2.77. The van der Waals surface area contributed by atoms with Crippen molar-refractivity contribution in [3.63, 3.8) is 0 Å². The van der Waals surface area contributed by atoms with Crippen LogP contribution in [0.5, 0.6) is 0 Å². The van der Waals surface area contributed by atoms with Crippen LogP contribution in [-0.2, 0) is 4.79 Å². The molecule has 2 rings (SSSR count). The highest BCUT2D eigenvalue weighted by atomic mass is 16.2. The van der Waals surface area contributed by atoms with Crippen molar-refractivity contribution < 1.29 is 4.79 Å². The summed E-state index contributed by atoms with van der Waals surface area (Å²) in [6, 6.07) is 8.00. The molecule has 1 heterocycles. The molecule has 5 nitrogen and oxygen atoms in total. The van der Waals surface area contributed by atoms with Crippen LogP contribution in [0.2, 0.25) is 0 Å². The number of anilines is 1. The van der Waals surface area contributed by atoms with Crippen LogP contribution < -0.4 is 4.90 Å². The van der Waals surface area contributed by atoms with E-state index in [0.717, 1.165) is 5.69 Å². The van der Waals surface area contributed by atoms with Gasteiger partial charge in [0.25, 0.3) is 0 Å². The van der Waals surface area contributed by atoms with Crippen LogP contribution in [0.1, 0.15) is 31.7 Å². The van der Waals surface area contributed by atoms with Gasteiger partial charge in [-0.1, -0.05) is 37.2 Å². The Bertz CT molecular complexity index is 520. The molecule has 1 amide bonds. The minimum Gasteiger partial charge on any atom is -0.312 e. The summed E-state index contributed by atoms with van der Waals surface area (Å²) < 4.78 is 0. The molecule has 0 aliphatic carbocycles. The summed E-state index contributed by atoms with van der Waals surface area (Å²) in [6.45, 7) is 5.28. The summed E-state index contributed by atoms with van der Waals surface area (Å²) in [5, 5.41) is 3.58. The molecule has 1 aromatic rings. The number of para-hydroxylation sites is 1. The second-order valence-electron chi connectivity index (χ2n) is 5.20. The Morgan fingerprint density at radius 3 is 2.89 bits per heavy atom. The second-order valence-corrected chi connectivity index (χ2v) is 5.20. The number of carbonyl (C=O) groups is 1. The van der Waals surface area contributed by atoms with Gasteiger partial charge in [0.05, 0.1) is 0 Å². The molecule has 100 valence electrons. The van der Waals surface area contributed by atoms with Gasteiger partial charge >= 0.3 is 0 Å². The molecule has 1 aromatic carbocycles. The number of nitrogens with zero attached hydrogens (tertiary/aromatic N) is 4. The fourth-order valence-electron chi connectivity index (χ4n) is 2.51. The van der Waals surface area contributed by atoms with Crippen molar-refractivity contribution in [1.29, 1.82) is 0 Å². The lowest BCUT2D eigenvalue weighted by Crippen LogP contribution is -2.26. The van der Waals surface area contributed by atoms with Crippen molar-refractivity contribution in [2.75, 3.05) is 18.0 Å². The van der Waals surface area contributed by atoms with E-state index in [-0.39, 0.29) is 11.8 Å². The molecular weight excluding hydrogens is 240 g/mol. The molecule has 19 heavy (non-hydrogen) atoms. The number of azide groups is 1. The number of hydrogen-bond donors (Lipinski definition) is 0. The van der Waals surface area contributed by atoms with Crippen molar-refractivity contribution in [2.24, 2.45) is 11.0 Å². The maximum atomic E-state index is 12.1. The highest BCUT2D eigenvalue weighted by molar-refractivity contribution is 5.96. The van der Waals surface area contributed by atoms with Crippen molar-refractivity contribution in [1.82, 2.24) is 0 Å². The minimum absolute atomic E-state index is 0.117. The highest BCUT2D eigenvalue weighted by Crippen LogP contribution is 2.32. The summed E-state index contributed by atoms with van der Waals surface area (Å²) in [7, 11) is 0. The molecule has 0 bridgehead atoms. The van der Waals surface area contributed by atoms with Crippen molar-refractivity contribution in [3.05, 3.63) is 40.3 Å². The zero-order valence-corrected chi connectivity index (χ0v) is 11.3. The predicted octanol–water partition coefficient (Wildman–Crippen LogP) is 3.47. The van der Waals surface area contributed by atoms with Gasteiger partial charge in [-0.15, -0.1) is 0 Å². The van der Waals surface area contributed by atoms with Gasteiger partial charge in [0.1, 0.15) is 0 Å². The van der Waals surface area contributed by atoms with E-state index < -0.39 is 0 Å². The average molecular weight is 258 g/mol. The smallest absolute Gasteiger partial charge is 0.227 e. The van der Waals surface area contributed by atoms with Crippen molar-refractivity contribution >= 4 is 11.6 Å². The van der Waals surface area contributed by atoms with Crippen LogP contribution in [-0.4, -0.2) is 19.0 Å². The van der Waals surface area contributed by atoms with E-state index >= 15 is 0 Å². The molecule has 1 saturated heterocycles. The number of rotatable bonds is 4. The molecule has 5 heteroatoms. The Morgan fingerprint density at radius 1 is 1.47 bits per heavy atom. The predicted molar refractivity (Wildman–Crippen MR) is 75.0 cm³/mol. The Hall–Kier alpha value is -2.00. The molecule has 1 unspecified atom stereocenters. The number of amides is 1. The van der Waals surface area contributed by atoms with Crippen molar-refractivity contribution in [2.45, 2.75) is 26.2 Å². The molecule has 0 aromatic heterocycles. The molecule has 1 fully saturated rings. The lowest BCUT2D eigenvalue weighted by atomic mass is 10.0. The molecule has 1 aliphatic rings. The Labute approximate surface area is 112 Å². The number of carbonyl (C=O) groups excluding carboxylic acids is 1. The Balaban J connectivity index is 2.23. The van der Waals surface area contributed by atoms with E-state index in [2.05, 4.69) is 29.9 Å². The van der Waals surface area contributed by atoms with E-state index in [9.17, 15) is 4.79 Å². The quantitative estimate of drug-likeness (QED) is 0.463. The standard InChI is InChI=1S/C14H18N4O/c1-10(2)12-5-3-4-6-13(12)18-9-11(7-14(18)19)8-16-17-15/h3-6,10-11H,7-9H2,1-2H3. The molecule has 1 aliphatic heterocycles. The normalized spacial score (nSPS) is 18.8. The van der Waals surface area contributed by atoms with Gasteiger partial charge in [-0.05, 0) is 29.0 Å². The molecule has 0 saturated carbocycles. The van der Waals surface area contributed by atoms with Gasteiger partial charge in [-0.3, -0.25) is 4.79 Å². The second kappa shape index (κ2) is 5.76. The van der Waals surface area contributed by atoms with Gasteiger partial charge in [0, 0.05) is 30.1 Å². The highest BCUT2D eigenvalue weighted by Gasteiger charge is 2.31. The summed E-state index contributed by atoms with van der Waals surface area (Å²) in [6.07, 6.45) is 0.464. The molecule has 1 atom stereocenters. The zero-order chi connectivity index (χ0) is 13.8. The fraction of sp³-hybridized carbons (Fsp3) is 0.500. The minimum atomic E-state index is 0.117. The summed E-state index contributed by atoms with van der Waals surface area (Å²) in [4.78, 5) is 16.7. The van der Waals surface area contributed by atoms with E-state index in [0.29, 0.717) is 25.4 Å². The third kappa shape index (κ3) is 2.88. The first-order chi connectivity index (χ1) is 9.13. The first kappa shape index (κ1) is 13.4. The van der Waals surface area contributed by atoms with Crippen LogP contribution >= 0.6 is 0 Å². The maximum absolute atomic E-state index is 12.1. The van der Waals surface area contributed by atoms with E-state index in [1.165, 1.54) is 5.56 Å². The van der Waals surface area contributed by atoms with Crippen LogP contribution in [0.25, 0.3) is 10.4 Å². The Morgan fingerprint density at radius 2 is 2.21 bits per heavy atom. The largest absolute Gasteiger partial charge is 0.312 e. The van der Waals surface area contributed by atoms with Crippen LogP contribution in [0.15, 0.2) is 29.4 Å². The first-order valence-corrected chi connectivity index (χ1v) is 6.53. The van der Waals surface area contributed by atoms with Gasteiger partial charge in [-0.25, -0.2) is 0 Å². The van der Waals surface area contributed by atoms with Crippen LogP contribution in [0, 0.1) is 5.92 Å². The maximum Gasteiger partial charge on any atom is 0.227 e. The molecule has 0 N–H and O–H groups in total. The fourth-order valence-corrected chi connectivity index (χ4v) is 2.51. The summed E-state index contributed by atoms with van der Waals surface area (Å²) in [5.74, 6) is 0.620. The lowest BCUT2D eigenvalue weighted by molar-refractivity contribution is -0.117. The van der Waals surface area contributed by atoms with Gasteiger partial charge in [-0.2, -0.15) is 0 Å². The first-order valence-electron chi connectivity index (χ1n) is 6.53. The SMILES string of the molecule is CC(C)c1ccccc1N1CC(CN=[N+]=[N-])CC1=O.